The summed E-state index contributed by atoms with van der Waals surface area (Å²) < 4.78 is 26.8. The first kappa shape index (κ1) is 87.4. The van der Waals surface area contributed by atoms with E-state index in [1.165, 1.54) is 56.7 Å². The smallest absolute Gasteiger partial charge is 0.407 e. The van der Waals surface area contributed by atoms with Gasteiger partial charge in [0, 0.05) is 72.6 Å². The van der Waals surface area contributed by atoms with Gasteiger partial charge in [0.25, 0.3) is 5.69 Å². The molecule has 2 amide bonds. The van der Waals surface area contributed by atoms with E-state index in [4.69, 9.17) is 38.1 Å². The number of H-pyrrole nitrogens is 2. The largest absolute Gasteiger partial charge is 0.444 e. The van der Waals surface area contributed by atoms with E-state index in [9.17, 15) is 43.8 Å². The van der Waals surface area contributed by atoms with Crippen LogP contribution in [-0.2, 0) is 9.47 Å². The van der Waals surface area contributed by atoms with Gasteiger partial charge in [0.2, 0.25) is 5.82 Å². The van der Waals surface area contributed by atoms with Crippen LogP contribution in [0.25, 0.3) is 22.1 Å². The van der Waals surface area contributed by atoms with Crippen LogP contribution < -0.4 is 61.3 Å². The maximum atomic E-state index is 12.4. The van der Waals surface area contributed by atoms with E-state index < -0.39 is 33.7 Å². The lowest BCUT2D eigenvalue weighted by molar-refractivity contribution is -0.387. The van der Waals surface area contributed by atoms with Crippen LogP contribution in [0, 0.1) is 37.9 Å². The Morgan fingerprint density at radius 3 is 1.13 bits per heavy atom. The van der Waals surface area contributed by atoms with Crippen LogP contribution >= 0.6 is 12.4 Å². The SMILES string of the molecule is CC(C)(C)OC(=O)NC1CCC(Nc2ccccc2N)CC1.CC(C)(C)OC(=O)NC1CCC(Nc2ccccc2[N+](=O)[O-])CC1.CC1CCC(N)CC1.CC1CCC(n2c(=O)[nH]c3ccccc32)CC1.Cl.NC1CCC(N)CC1.NC1CCC(n2c(=O)[nH]c3ccccc32)CC1.O=[N+]([O-])c1ccccc1F. The fraction of sp³-hybridized carbons (Fsp3) is 0.575. The number of nitrogens with two attached hydrogens (primary N) is 5. The summed E-state index contributed by atoms with van der Waals surface area (Å²) in [5.74, 6) is 0.953. The molecule has 0 saturated heterocycles. The first-order valence-electron chi connectivity index (χ1n) is 38.3. The van der Waals surface area contributed by atoms with Gasteiger partial charge >= 0.3 is 29.3 Å². The normalized spacial score (nSPS) is 24.0. The number of benzene rings is 5. The zero-order chi connectivity index (χ0) is 77.1. The molecule has 0 radical (unpaired) electrons. The molecule has 6 fully saturated rings. The Morgan fingerprint density at radius 2 is 0.757 bits per heavy atom. The highest BCUT2D eigenvalue weighted by molar-refractivity contribution is 5.85. The number of hydrogen-bond donors (Lipinski definition) is 11. The number of rotatable bonds is 10. The number of nitrogens with one attached hydrogen (secondary N) is 6. The number of ether oxygens (including phenoxy) is 2. The Labute approximate surface area is 635 Å². The minimum Gasteiger partial charge on any atom is -0.444 e. The highest BCUT2D eigenvalue weighted by Crippen LogP contribution is 2.34. The third-order valence-electron chi connectivity index (χ3n) is 20.3. The lowest BCUT2D eigenvalue weighted by Crippen LogP contribution is -2.42. The van der Waals surface area contributed by atoms with Crippen LogP contribution in [0.4, 0.5) is 42.4 Å². The molecular weight excluding hydrogens is 1390 g/mol. The summed E-state index contributed by atoms with van der Waals surface area (Å²) in [6.07, 6.45) is 25.0. The quantitative estimate of drug-likeness (QED) is 0.0344. The Bertz CT molecular complexity index is 3810. The van der Waals surface area contributed by atoms with Crippen molar-refractivity contribution in [1.82, 2.24) is 29.7 Å². The summed E-state index contributed by atoms with van der Waals surface area (Å²) in [7, 11) is 0. The number of anilines is 3. The zero-order valence-electron chi connectivity index (χ0n) is 64.0. The number of aromatic amines is 2. The van der Waals surface area contributed by atoms with Gasteiger partial charge in [-0.15, -0.1) is 12.4 Å². The van der Waals surface area contributed by atoms with Crippen molar-refractivity contribution in [2.45, 2.75) is 281 Å². The molecule has 5 aromatic carbocycles. The second-order valence-corrected chi connectivity index (χ2v) is 31.6. The second-order valence-electron chi connectivity index (χ2n) is 31.6. The van der Waals surface area contributed by atoms with Crippen molar-refractivity contribution in [2.75, 3.05) is 16.4 Å². The summed E-state index contributed by atoms with van der Waals surface area (Å²) in [6.45, 7) is 15.7. The maximum absolute atomic E-state index is 12.4. The van der Waals surface area contributed by atoms with Gasteiger partial charge in [-0.25, -0.2) is 19.2 Å². The van der Waals surface area contributed by atoms with Crippen molar-refractivity contribution in [3.8, 4) is 0 Å². The third kappa shape index (κ3) is 29.8. The molecule has 16 N–H and O–H groups in total. The number of hydrogen-bond acceptors (Lipinski definition) is 17. The number of nitrogen functional groups attached to an aromatic ring is 1. The van der Waals surface area contributed by atoms with Gasteiger partial charge in [-0.2, -0.15) is 4.39 Å². The first-order chi connectivity index (χ1) is 50.4. The van der Waals surface area contributed by atoms with E-state index in [1.807, 2.05) is 123 Å². The molecule has 6 aliphatic carbocycles. The average Bonchev–Trinajstić information content (AvgIpc) is 1.65. The van der Waals surface area contributed by atoms with Gasteiger partial charge < -0.3 is 69.4 Å². The average molecular weight is 1510 g/mol. The van der Waals surface area contributed by atoms with Crippen LogP contribution in [0.1, 0.15) is 222 Å². The number of amides is 2. The molecule has 590 valence electrons. The van der Waals surface area contributed by atoms with Gasteiger partial charge in [0.05, 0.1) is 43.3 Å². The van der Waals surface area contributed by atoms with Gasteiger partial charge in [0.15, 0.2) is 0 Å². The molecule has 0 spiro atoms. The topological polar surface area (TPSA) is 393 Å². The molecule has 0 unspecified atom stereocenters. The predicted octanol–water partition coefficient (Wildman–Crippen LogP) is 16.1. The molecule has 0 bridgehead atoms. The summed E-state index contributed by atoms with van der Waals surface area (Å²) in [4.78, 5) is 73.4. The molecule has 107 heavy (non-hydrogen) atoms. The van der Waals surface area contributed by atoms with E-state index >= 15 is 0 Å². The molecule has 6 aliphatic rings. The van der Waals surface area contributed by atoms with E-state index in [0.29, 0.717) is 48.0 Å². The molecule has 6 saturated carbocycles. The summed E-state index contributed by atoms with van der Waals surface area (Å²) in [5.41, 5.74) is 33.8. The molecule has 13 rings (SSSR count). The number of para-hydroxylation sites is 9. The van der Waals surface area contributed by atoms with Crippen LogP contribution in [-0.4, -0.2) is 101 Å². The highest BCUT2D eigenvalue weighted by atomic mass is 35.5. The van der Waals surface area contributed by atoms with Gasteiger partial charge in [-0.1, -0.05) is 74.5 Å². The summed E-state index contributed by atoms with van der Waals surface area (Å²) in [5, 5.41) is 33.6. The second kappa shape index (κ2) is 42.8. The van der Waals surface area contributed by atoms with Crippen LogP contribution in [0.15, 0.2) is 131 Å². The van der Waals surface area contributed by atoms with Crippen molar-refractivity contribution >= 4 is 75.1 Å². The van der Waals surface area contributed by atoms with E-state index in [-0.39, 0.29) is 58.6 Å². The van der Waals surface area contributed by atoms with Crippen molar-refractivity contribution in [3.05, 3.63) is 168 Å². The summed E-state index contributed by atoms with van der Waals surface area (Å²) in [6, 6.07) is 38.6. The van der Waals surface area contributed by atoms with Crippen LogP contribution in [0.5, 0.6) is 0 Å². The fourth-order valence-electron chi connectivity index (χ4n) is 14.3. The van der Waals surface area contributed by atoms with E-state index in [0.717, 1.165) is 173 Å². The maximum Gasteiger partial charge on any atom is 0.407 e. The lowest BCUT2D eigenvalue weighted by atomic mass is 9.87. The monoisotopic (exact) mass is 1510 g/mol. The molecule has 2 heterocycles. The Morgan fingerprint density at radius 1 is 0.449 bits per heavy atom. The number of aromatic nitrogens is 4. The highest BCUT2D eigenvalue weighted by Gasteiger charge is 2.29. The number of nitrogens with zero attached hydrogens (tertiary/aromatic N) is 4. The van der Waals surface area contributed by atoms with Crippen molar-refractivity contribution < 1.29 is 33.3 Å². The standard InChI is InChI=1S/C17H25N3O4.C17H27N3O2.C14H18N2O.C13H17N3O.C7H15N.C6H4FNO2.C6H14N2.ClH/c1-17(2,3)24-16(21)19-13-10-8-12(9-11-13)18-14-6-4-5-7-15(14)20(22)23;1-17(2,3)22-16(21)20-13-10-8-12(9-11-13)19-15-7-5-4-6-14(15)18;1-10-6-8-11(9-7-10)16-13-5-3-2-4-12(13)15-14(16)17;14-9-5-7-10(8-6-9)16-12-4-2-1-3-11(12)15-13(16)17;1-6-2-4-7(8)5-3-6;7-5-3-1-2-4-6(5)8(9)10;7-5-1-2-6(8)4-3-5;/h4-7,12-13,18H,8-11H2,1-3H3,(H,19,21);4-7,12-13,19H,8-11,18H2,1-3H3,(H,20,21);2-5,10-11H,6-9H2,1H3,(H,15,17);1-4,9-10H,5-8,14H2,(H,15,17);6-7H,2-5,8H2,1H3;1-4H;5-6H,1-4,7-8H2;1H. The Kier molecular flexibility index (Phi) is 35.0. The number of carbonyl (C=O) groups is 2. The van der Waals surface area contributed by atoms with Crippen LogP contribution in [0.2, 0.25) is 0 Å². The Balaban J connectivity index is 0.000000201. The van der Waals surface area contributed by atoms with Gasteiger partial charge in [-0.05, 0) is 256 Å². The number of halogens is 2. The van der Waals surface area contributed by atoms with E-state index in [2.05, 4.69) is 45.1 Å². The van der Waals surface area contributed by atoms with Crippen molar-refractivity contribution in [1.29, 1.82) is 0 Å². The number of fused-ring (bicyclic) bond motifs is 2. The Hall–Kier alpha value is -8.56. The summed E-state index contributed by atoms with van der Waals surface area (Å²) >= 11 is 0. The van der Waals surface area contributed by atoms with Crippen molar-refractivity contribution in [2.24, 2.45) is 34.8 Å². The molecule has 0 aliphatic heterocycles. The number of carbonyl (C=O) groups excluding carboxylic acids is 2. The minimum atomic E-state index is -0.799. The molecular formula is C80H121ClFN15O10. The number of nitro groups is 2. The molecule has 2 aromatic heterocycles. The third-order valence-corrected chi connectivity index (χ3v) is 20.3. The van der Waals surface area contributed by atoms with E-state index in [1.54, 1.807) is 18.2 Å². The van der Waals surface area contributed by atoms with Crippen molar-refractivity contribution in [3.63, 3.8) is 0 Å². The number of nitro benzene ring substituents is 2. The zero-order valence-corrected chi connectivity index (χ0v) is 64.8. The molecule has 7 aromatic rings. The molecule has 25 nitrogen and oxygen atoms in total. The molecule has 0 atom stereocenters. The van der Waals surface area contributed by atoms with Gasteiger partial charge in [-0.3, -0.25) is 29.4 Å². The first-order valence-corrected chi connectivity index (χ1v) is 38.3. The minimum absolute atomic E-state index is 0. The van der Waals surface area contributed by atoms with Crippen LogP contribution in [0.3, 0.4) is 0 Å². The fourth-order valence-corrected chi connectivity index (χ4v) is 14.3. The predicted molar refractivity (Wildman–Crippen MR) is 430 cm³/mol. The lowest BCUT2D eigenvalue weighted by Gasteiger charge is -2.31. The number of imidazole rings is 2. The van der Waals surface area contributed by atoms with Gasteiger partial charge in [0.1, 0.15) is 16.9 Å². The molecule has 27 heteroatoms. The number of alkyl carbamates (subject to hydrolysis) is 2.